The van der Waals surface area contributed by atoms with Crippen molar-refractivity contribution in [3.63, 3.8) is 0 Å². The molecule has 1 N–H and O–H groups in total. The molecular formula is C14H25NO. The van der Waals surface area contributed by atoms with Crippen molar-refractivity contribution in [3.05, 3.63) is 0 Å². The Morgan fingerprint density at radius 3 is 2.75 bits per heavy atom. The standard InChI is InChI=1S/C14H25NO/c1-5-7-9-15-12-11-13(14(12,3)4)16-10-8-6-2/h12-13,15H,6,8-11H2,1-4H3. The predicted octanol–water partition coefficient (Wildman–Crippen LogP) is 2.58. The van der Waals surface area contributed by atoms with Crippen molar-refractivity contribution in [2.45, 2.75) is 59.1 Å². The minimum Gasteiger partial charge on any atom is -0.378 e. The number of unbranched alkanes of at least 4 members (excludes halogenated alkanes) is 1. The molecule has 16 heavy (non-hydrogen) atoms. The maximum atomic E-state index is 5.89. The van der Waals surface area contributed by atoms with Gasteiger partial charge in [-0.3, -0.25) is 0 Å². The number of nitrogens with one attached hydrogen (secondary N) is 1. The first-order chi connectivity index (χ1) is 7.62. The van der Waals surface area contributed by atoms with E-state index in [9.17, 15) is 0 Å². The van der Waals surface area contributed by atoms with E-state index in [1.165, 1.54) is 12.8 Å². The molecule has 0 radical (unpaired) electrons. The van der Waals surface area contributed by atoms with Crippen LogP contribution >= 0.6 is 0 Å². The van der Waals surface area contributed by atoms with Crippen molar-refractivity contribution in [3.8, 4) is 11.8 Å². The SMILES string of the molecule is CC#CCNC1CC(OCCCC)C1(C)C. The zero-order valence-corrected chi connectivity index (χ0v) is 11.1. The molecule has 0 spiro atoms. The molecule has 2 unspecified atom stereocenters. The number of hydrogen-bond acceptors (Lipinski definition) is 2. The van der Waals surface area contributed by atoms with E-state index in [-0.39, 0.29) is 5.41 Å². The lowest BCUT2D eigenvalue weighted by Crippen LogP contribution is -2.61. The van der Waals surface area contributed by atoms with Crippen molar-refractivity contribution in [1.29, 1.82) is 0 Å². The summed E-state index contributed by atoms with van der Waals surface area (Å²) >= 11 is 0. The van der Waals surface area contributed by atoms with Crippen LogP contribution in [0.1, 0.15) is 47.0 Å². The van der Waals surface area contributed by atoms with Crippen molar-refractivity contribution in [1.82, 2.24) is 5.32 Å². The highest BCUT2D eigenvalue weighted by atomic mass is 16.5. The molecule has 92 valence electrons. The molecule has 0 bridgehead atoms. The summed E-state index contributed by atoms with van der Waals surface area (Å²) in [5.74, 6) is 5.96. The molecule has 2 heteroatoms. The third kappa shape index (κ3) is 3.23. The van der Waals surface area contributed by atoms with Gasteiger partial charge in [-0.25, -0.2) is 0 Å². The Morgan fingerprint density at radius 2 is 2.19 bits per heavy atom. The largest absolute Gasteiger partial charge is 0.378 e. The summed E-state index contributed by atoms with van der Waals surface area (Å²) in [6.45, 7) is 10.3. The number of rotatable bonds is 6. The molecule has 1 rings (SSSR count). The molecule has 0 aromatic carbocycles. The minimum atomic E-state index is 0.253. The summed E-state index contributed by atoms with van der Waals surface area (Å²) in [4.78, 5) is 0. The van der Waals surface area contributed by atoms with E-state index in [4.69, 9.17) is 4.74 Å². The van der Waals surface area contributed by atoms with Gasteiger partial charge in [0.2, 0.25) is 0 Å². The number of ether oxygens (including phenoxy) is 1. The average molecular weight is 223 g/mol. The van der Waals surface area contributed by atoms with Crippen LogP contribution in [0.4, 0.5) is 0 Å². The molecule has 0 aliphatic heterocycles. The fraction of sp³-hybridized carbons (Fsp3) is 0.857. The van der Waals surface area contributed by atoms with Gasteiger partial charge in [-0.15, -0.1) is 5.92 Å². The van der Waals surface area contributed by atoms with E-state index in [0.29, 0.717) is 12.1 Å². The number of hydrogen-bond donors (Lipinski definition) is 1. The molecule has 0 saturated heterocycles. The van der Waals surface area contributed by atoms with Gasteiger partial charge in [0.15, 0.2) is 0 Å². The van der Waals surface area contributed by atoms with Gasteiger partial charge in [-0.05, 0) is 19.8 Å². The van der Waals surface area contributed by atoms with E-state index >= 15 is 0 Å². The van der Waals surface area contributed by atoms with Crippen LogP contribution in [0.5, 0.6) is 0 Å². The van der Waals surface area contributed by atoms with Crippen LogP contribution in [0.2, 0.25) is 0 Å². The van der Waals surface area contributed by atoms with Gasteiger partial charge in [-0.2, -0.15) is 0 Å². The molecule has 1 fully saturated rings. The molecule has 0 aromatic rings. The Morgan fingerprint density at radius 1 is 1.44 bits per heavy atom. The third-order valence-corrected chi connectivity index (χ3v) is 3.61. The van der Waals surface area contributed by atoms with Crippen LogP contribution < -0.4 is 5.32 Å². The molecule has 1 aliphatic carbocycles. The summed E-state index contributed by atoms with van der Waals surface area (Å²) in [5, 5.41) is 3.48. The van der Waals surface area contributed by atoms with Crippen molar-refractivity contribution in [2.24, 2.45) is 5.41 Å². The van der Waals surface area contributed by atoms with Crippen molar-refractivity contribution < 1.29 is 4.74 Å². The Balaban J connectivity index is 2.25. The van der Waals surface area contributed by atoms with Gasteiger partial charge in [0, 0.05) is 18.1 Å². The van der Waals surface area contributed by atoms with Gasteiger partial charge in [-0.1, -0.05) is 33.1 Å². The van der Waals surface area contributed by atoms with E-state index < -0.39 is 0 Å². The molecule has 0 heterocycles. The van der Waals surface area contributed by atoms with Gasteiger partial charge in [0.05, 0.1) is 12.6 Å². The molecule has 0 aromatic heterocycles. The van der Waals surface area contributed by atoms with E-state index in [1.54, 1.807) is 0 Å². The first kappa shape index (κ1) is 13.5. The summed E-state index contributed by atoms with van der Waals surface area (Å²) in [7, 11) is 0. The highest BCUT2D eigenvalue weighted by Crippen LogP contribution is 2.42. The zero-order valence-electron chi connectivity index (χ0n) is 11.1. The molecule has 1 saturated carbocycles. The quantitative estimate of drug-likeness (QED) is 0.552. The molecule has 2 atom stereocenters. The fourth-order valence-electron chi connectivity index (χ4n) is 2.15. The van der Waals surface area contributed by atoms with Crippen LogP contribution in [0.15, 0.2) is 0 Å². The second-order valence-electron chi connectivity index (χ2n) is 5.13. The Labute approximate surface area is 100 Å². The zero-order chi connectivity index (χ0) is 12.0. The highest BCUT2D eigenvalue weighted by molar-refractivity contribution is 5.06. The maximum Gasteiger partial charge on any atom is 0.0655 e. The topological polar surface area (TPSA) is 21.3 Å². The summed E-state index contributed by atoms with van der Waals surface area (Å²) in [6, 6.07) is 0.556. The predicted molar refractivity (Wildman–Crippen MR) is 68.3 cm³/mol. The monoisotopic (exact) mass is 223 g/mol. The molecule has 1 aliphatic rings. The second kappa shape index (κ2) is 6.27. The van der Waals surface area contributed by atoms with Gasteiger partial charge >= 0.3 is 0 Å². The average Bonchev–Trinajstić information content (AvgIpc) is 2.26. The normalized spacial score (nSPS) is 26.8. The maximum absolute atomic E-state index is 5.89. The van der Waals surface area contributed by atoms with Crippen LogP contribution in [-0.4, -0.2) is 25.3 Å². The van der Waals surface area contributed by atoms with Crippen LogP contribution in [0.25, 0.3) is 0 Å². The fourth-order valence-corrected chi connectivity index (χ4v) is 2.15. The molecular weight excluding hydrogens is 198 g/mol. The molecule has 0 amide bonds. The smallest absolute Gasteiger partial charge is 0.0655 e. The summed E-state index contributed by atoms with van der Waals surface area (Å²) in [6.07, 6.45) is 3.93. The first-order valence-electron chi connectivity index (χ1n) is 6.37. The Hall–Kier alpha value is -0.520. The van der Waals surface area contributed by atoms with Gasteiger partial charge in [0.25, 0.3) is 0 Å². The first-order valence-corrected chi connectivity index (χ1v) is 6.37. The Kier molecular flexibility index (Phi) is 5.31. The highest BCUT2D eigenvalue weighted by Gasteiger charge is 2.48. The minimum absolute atomic E-state index is 0.253. The van der Waals surface area contributed by atoms with Crippen LogP contribution in [0, 0.1) is 17.3 Å². The van der Waals surface area contributed by atoms with Crippen molar-refractivity contribution in [2.75, 3.05) is 13.2 Å². The van der Waals surface area contributed by atoms with E-state index in [1.807, 2.05) is 6.92 Å². The second-order valence-corrected chi connectivity index (χ2v) is 5.13. The Bertz CT molecular complexity index is 262. The van der Waals surface area contributed by atoms with E-state index in [2.05, 4.69) is 37.9 Å². The van der Waals surface area contributed by atoms with Crippen LogP contribution in [-0.2, 0) is 4.74 Å². The third-order valence-electron chi connectivity index (χ3n) is 3.61. The van der Waals surface area contributed by atoms with Gasteiger partial charge < -0.3 is 10.1 Å². The summed E-state index contributed by atoms with van der Waals surface area (Å²) < 4.78 is 5.89. The lowest BCUT2D eigenvalue weighted by Gasteiger charge is -2.51. The van der Waals surface area contributed by atoms with Crippen LogP contribution in [0.3, 0.4) is 0 Å². The van der Waals surface area contributed by atoms with Crippen molar-refractivity contribution >= 4 is 0 Å². The van der Waals surface area contributed by atoms with E-state index in [0.717, 1.165) is 19.6 Å². The molecule has 2 nitrogen and oxygen atoms in total. The summed E-state index contributed by atoms with van der Waals surface area (Å²) in [5.41, 5.74) is 0.253. The van der Waals surface area contributed by atoms with Gasteiger partial charge in [0.1, 0.15) is 0 Å². The lowest BCUT2D eigenvalue weighted by molar-refractivity contribution is -0.117. The lowest BCUT2D eigenvalue weighted by atomic mass is 9.64.